The first-order chi connectivity index (χ1) is 19.0. The summed E-state index contributed by atoms with van der Waals surface area (Å²) >= 11 is 0. The maximum Gasteiger partial charge on any atom is 0.342 e. The zero-order valence-corrected chi connectivity index (χ0v) is 21.6. The SMILES string of the molecule is Cc1c(O)cc2c(c1O)C(=O)CC(c1ccc(O)c(-c3ccc(O)c(C(=O)OCC4OC(C)C(O)C4O)c3)c1)O2. The van der Waals surface area contributed by atoms with Crippen LogP contribution in [0.15, 0.2) is 42.5 Å². The molecule has 11 nitrogen and oxygen atoms in total. The summed E-state index contributed by atoms with van der Waals surface area (Å²) in [5.74, 6) is -2.34. The quantitative estimate of drug-likeness (QED) is 0.256. The summed E-state index contributed by atoms with van der Waals surface area (Å²) < 4.78 is 16.5. The minimum Gasteiger partial charge on any atom is -0.507 e. The number of phenolic OH excluding ortho intramolecular Hbond substituents is 4. The largest absolute Gasteiger partial charge is 0.507 e. The van der Waals surface area contributed by atoms with Crippen LogP contribution in [0.25, 0.3) is 11.1 Å². The molecular weight excluding hydrogens is 524 g/mol. The van der Waals surface area contributed by atoms with Crippen molar-refractivity contribution in [1.82, 2.24) is 0 Å². The van der Waals surface area contributed by atoms with Gasteiger partial charge in [-0.1, -0.05) is 12.1 Å². The van der Waals surface area contributed by atoms with E-state index in [2.05, 4.69) is 0 Å². The van der Waals surface area contributed by atoms with Gasteiger partial charge in [0.05, 0.1) is 12.5 Å². The average molecular weight is 553 g/mol. The molecule has 3 aromatic rings. The predicted molar refractivity (Wildman–Crippen MR) is 139 cm³/mol. The molecule has 3 aromatic carbocycles. The molecule has 0 bridgehead atoms. The number of carbonyl (C=O) groups is 2. The van der Waals surface area contributed by atoms with Gasteiger partial charge in [-0.25, -0.2) is 4.79 Å². The monoisotopic (exact) mass is 552 g/mol. The highest BCUT2D eigenvalue weighted by molar-refractivity contribution is 6.03. The van der Waals surface area contributed by atoms with Gasteiger partial charge in [-0.2, -0.15) is 0 Å². The van der Waals surface area contributed by atoms with E-state index in [0.29, 0.717) is 11.1 Å². The van der Waals surface area contributed by atoms with Crippen molar-refractivity contribution in [3.63, 3.8) is 0 Å². The number of Topliss-reactive ketones (excluding diaryl/α,β-unsaturated/α-hetero) is 1. The van der Waals surface area contributed by atoms with Gasteiger partial charge in [-0.05, 0) is 49.2 Å². The first-order valence-electron chi connectivity index (χ1n) is 12.6. The smallest absolute Gasteiger partial charge is 0.342 e. The summed E-state index contributed by atoms with van der Waals surface area (Å²) in [5.41, 5.74) is 1.08. The summed E-state index contributed by atoms with van der Waals surface area (Å²) in [6, 6.07) is 9.86. The van der Waals surface area contributed by atoms with Crippen LogP contribution in [0.4, 0.5) is 0 Å². The summed E-state index contributed by atoms with van der Waals surface area (Å²) in [5, 5.41) is 61.2. The van der Waals surface area contributed by atoms with E-state index in [-0.39, 0.29) is 69.8 Å². The van der Waals surface area contributed by atoms with Crippen molar-refractivity contribution >= 4 is 11.8 Å². The lowest BCUT2D eigenvalue weighted by molar-refractivity contribution is -0.0300. The van der Waals surface area contributed by atoms with Crippen LogP contribution in [0.3, 0.4) is 0 Å². The number of aromatic hydroxyl groups is 4. The van der Waals surface area contributed by atoms with Crippen molar-refractivity contribution in [2.45, 2.75) is 50.8 Å². The van der Waals surface area contributed by atoms with Gasteiger partial charge < -0.3 is 44.8 Å². The van der Waals surface area contributed by atoms with Gasteiger partial charge in [0.2, 0.25) is 0 Å². The Hall–Kier alpha value is -4.32. The number of carbonyl (C=O) groups excluding carboxylic acids is 2. The van der Waals surface area contributed by atoms with Crippen LogP contribution in [0.2, 0.25) is 0 Å². The highest BCUT2D eigenvalue weighted by Crippen LogP contribution is 2.45. The number of ether oxygens (including phenoxy) is 3. The number of phenols is 4. The molecule has 210 valence electrons. The Morgan fingerprint density at radius 1 is 0.975 bits per heavy atom. The number of fused-ring (bicyclic) bond motifs is 1. The van der Waals surface area contributed by atoms with E-state index in [1.54, 1.807) is 19.1 Å². The number of rotatable bonds is 5. The van der Waals surface area contributed by atoms with Gasteiger partial charge in [0.1, 0.15) is 70.9 Å². The first kappa shape index (κ1) is 27.3. The maximum atomic E-state index is 12.9. The van der Waals surface area contributed by atoms with Gasteiger partial charge >= 0.3 is 5.97 Å². The van der Waals surface area contributed by atoms with Gasteiger partial charge in [0, 0.05) is 17.2 Å². The summed E-state index contributed by atoms with van der Waals surface area (Å²) in [6.45, 7) is 2.70. The number of esters is 1. The minimum absolute atomic E-state index is 0.00766. The van der Waals surface area contributed by atoms with E-state index in [0.717, 1.165) is 0 Å². The Morgan fingerprint density at radius 2 is 1.70 bits per heavy atom. The zero-order valence-electron chi connectivity index (χ0n) is 21.6. The molecule has 5 atom stereocenters. The molecule has 1 saturated heterocycles. The predicted octanol–water partition coefficient (Wildman–Crippen LogP) is 2.86. The Bertz CT molecular complexity index is 1500. The normalized spacial score (nSPS) is 23.9. The number of hydrogen-bond acceptors (Lipinski definition) is 11. The van der Waals surface area contributed by atoms with Crippen LogP contribution in [0, 0.1) is 6.92 Å². The molecule has 0 saturated carbocycles. The molecule has 2 aliphatic heterocycles. The molecule has 40 heavy (non-hydrogen) atoms. The molecule has 0 amide bonds. The van der Waals surface area contributed by atoms with Crippen molar-refractivity contribution in [3.05, 3.63) is 64.7 Å². The van der Waals surface area contributed by atoms with Gasteiger partial charge in [-0.3, -0.25) is 4.79 Å². The molecule has 0 spiro atoms. The average Bonchev–Trinajstić information content (AvgIpc) is 3.17. The highest BCUT2D eigenvalue weighted by Gasteiger charge is 2.41. The second-order valence-electron chi connectivity index (χ2n) is 9.94. The maximum absolute atomic E-state index is 12.9. The molecule has 1 fully saturated rings. The van der Waals surface area contributed by atoms with E-state index >= 15 is 0 Å². The highest BCUT2D eigenvalue weighted by atomic mass is 16.6. The van der Waals surface area contributed by atoms with E-state index in [1.807, 2.05) is 0 Å². The van der Waals surface area contributed by atoms with Crippen molar-refractivity contribution < 1.29 is 54.4 Å². The molecule has 5 rings (SSSR count). The molecule has 2 aliphatic rings. The summed E-state index contributed by atoms with van der Waals surface area (Å²) in [6.07, 6.45) is -4.82. The second-order valence-corrected chi connectivity index (χ2v) is 9.94. The van der Waals surface area contributed by atoms with Crippen LogP contribution >= 0.6 is 0 Å². The van der Waals surface area contributed by atoms with Crippen molar-refractivity contribution in [2.24, 2.45) is 0 Å². The van der Waals surface area contributed by atoms with E-state index in [1.165, 1.54) is 37.3 Å². The standard InChI is InChI=1S/C29H28O11/c1-12-20(32)9-23-25(26(12)34)21(33)10-22(40-23)15-4-6-18(30)16(8-15)14-3-5-19(31)17(7-14)29(37)38-11-24-28(36)27(35)13(2)39-24/h3-9,13,22,24,27-28,30-32,34-36H,10-11H2,1-2H3. The number of aliphatic hydroxyl groups excluding tert-OH is 2. The third kappa shape index (κ3) is 4.79. The topological polar surface area (TPSA) is 183 Å². The lowest BCUT2D eigenvalue weighted by atomic mass is 9.92. The Kier molecular flexibility index (Phi) is 7.05. The Balaban J connectivity index is 1.40. The van der Waals surface area contributed by atoms with Crippen LogP contribution in [0.1, 0.15) is 51.3 Å². The minimum atomic E-state index is -1.24. The van der Waals surface area contributed by atoms with Gasteiger partial charge in [-0.15, -0.1) is 0 Å². The summed E-state index contributed by atoms with van der Waals surface area (Å²) in [7, 11) is 0. The molecule has 0 radical (unpaired) electrons. The van der Waals surface area contributed by atoms with Crippen LogP contribution < -0.4 is 4.74 Å². The third-order valence-electron chi connectivity index (χ3n) is 7.31. The van der Waals surface area contributed by atoms with Gasteiger partial charge in [0.25, 0.3) is 0 Å². The molecule has 0 aliphatic carbocycles. The third-order valence-corrected chi connectivity index (χ3v) is 7.31. The lowest BCUT2D eigenvalue weighted by Crippen LogP contribution is -2.34. The van der Waals surface area contributed by atoms with Crippen LogP contribution in [-0.2, 0) is 9.47 Å². The lowest BCUT2D eigenvalue weighted by Gasteiger charge is -2.27. The first-order valence-corrected chi connectivity index (χ1v) is 12.6. The molecular formula is C29H28O11. The summed E-state index contributed by atoms with van der Waals surface area (Å²) in [4.78, 5) is 25.6. The number of aliphatic hydroxyl groups is 2. The molecule has 11 heteroatoms. The van der Waals surface area contributed by atoms with Crippen molar-refractivity contribution in [3.8, 4) is 39.9 Å². The Labute approximate surface area is 228 Å². The Morgan fingerprint density at radius 3 is 2.40 bits per heavy atom. The van der Waals surface area contributed by atoms with E-state index < -0.39 is 36.5 Å². The fraction of sp³-hybridized carbons (Fsp3) is 0.310. The zero-order chi connectivity index (χ0) is 28.9. The molecule has 0 aromatic heterocycles. The molecule has 5 unspecified atom stereocenters. The van der Waals surface area contributed by atoms with Crippen LogP contribution in [-0.4, -0.2) is 73.4 Å². The van der Waals surface area contributed by atoms with Crippen LogP contribution in [0.5, 0.6) is 28.7 Å². The number of hydrogen-bond donors (Lipinski definition) is 6. The fourth-order valence-corrected chi connectivity index (χ4v) is 4.90. The molecule has 2 heterocycles. The number of ketones is 1. The fourth-order valence-electron chi connectivity index (χ4n) is 4.90. The van der Waals surface area contributed by atoms with Gasteiger partial charge in [0.15, 0.2) is 5.78 Å². The van der Waals surface area contributed by atoms with E-state index in [4.69, 9.17) is 14.2 Å². The second kappa shape index (κ2) is 10.3. The van der Waals surface area contributed by atoms with Crippen molar-refractivity contribution in [2.75, 3.05) is 6.61 Å². The van der Waals surface area contributed by atoms with E-state index in [9.17, 15) is 40.2 Å². The number of benzene rings is 3. The van der Waals surface area contributed by atoms with Crippen molar-refractivity contribution in [1.29, 1.82) is 0 Å². The molecule has 6 N–H and O–H groups in total.